The van der Waals surface area contributed by atoms with Gasteiger partial charge in [0.1, 0.15) is 5.82 Å². The molecule has 0 saturated carbocycles. The van der Waals surface area contributed by atoms with Gasteiger partial charge in [0.2, 0.25) is 0 Å². The third-order valence-electron chi connectivity index (χ3n) is 4.17. The summed E-state index contributed by atoms with van der Waals surface area (Å²) in [5.41, 5.74) is 1.25. The molecule has 0 bridgehead atoms. The van der Waals surface area contributed by atoms with Gasteiger partial charge in [-0.05, 0) is 31.2 Å². The third kappa shape index (κ3) is 4.30. The Hall–Kier alpha value is -3.09. The van der Waals surface area contributed by atoms with Crippen molar-refractivity contribution in [1.29, 1.82) is 0 Å². The summed E-state index contributed by atoms with van der Waals surface area (Å²) in [5, 5.41) is 2.84. The zero-order chi connectivity index (χ0) is 18.4. The summed E-state index contributed by atoms with van der Waals surface area (Å²) >= 11 is 0. The molecule has 0 spiro atoms. The zero-order valence-electron chi connectivity index (χ0n) is 14.7. The number of carbonyl (C=O) groups is 2. The van der Waals surface area contributed by atoms with Crippen molar-refractivity contribution < 1.29 is 14.3 Å². The first-order valence-corrected chi connectivity index (χ1v) is 8.66. The Morgan fingerprint density at radius 2 is 1.81 bits per heavy atom. The molecule has 0 unspecified atom stereocenters. The number of aromatic nitrogens is 1. The summed E-state index contributed by atoms with van der Waals surface area (Å²) in [4.78, 5) is 32.2. The van der Waals surface area contributed by atoms with Crippen LogP contribution in [0.4, 0.5) is 16.3 Å². The fourth-order valence-corrected chi connectivity index (χ4v) is 2.77. The molecule has 1 N–H and O–H groups in total. The van der Waals surface area contributed by atoms with Gasteiger partial charge in [-0.25, -0.2) is 9.78 Å². The molecule has 1 fully saturated rings. The lowest BCUT2D eigenvalue weighted by Gasteiger charge is -2.34. The Bertz CT molecular complexity index is 741. The number of hydrogen-bond acceptors (Lipinski definition) is 5. The van der Waals surface area contributed by atoms with Crippen LogP contribution >= 0.6 is 0 Å². The van der Waals surface area contributed by atoms with E-state index < -0.39 is 0 Å². The minimum atomic E-state index is -0.270. The van der Waals surface area contributed by atoms with Crippen LogP contribution in [0.2, 0.25) is 0 Å². The van der Waals surface area contributed by atoms with Gasteiger partial charge in [0.15, 0.2) is 0 Å². The number of anilines is 2. The first kappa shape index (κ1) is 17.7. The molecule has 0 radical (unpaired) electrons. The van der Waals surface area contributed by atoms with Crippen LogP contribution in [0.5, 0.6) is 0 Å². The second kappa shape index (κ2) is 8.33. The summed E-state index contributed by atoms with van der Waals surface area (Å²) in [5.74, 6) is 0.604. The molecule has 2 amide bonds. The van der Waals surface area contributed by atoms with Gasteiger partial charge in [0.25, 0.3) is 5.91 Å². The van der Waals surface area contributed by atoms with Crippen molar-refractivity contribution in [2.45, 2.75) is 6.92 Å². The van der Waals surface area contributed by atoms with Crippen molar-refractivity contribution in [1.82, 2.24) is 9.88 Å². The normalized spacial score (nSPS) is 14.0. The molecule has 0 atom stereocenters. The monoisotopic (exact) mass is 354 g/mol. The molecule has 7 nitrogen and oxygen atoms in total. The highest BCUT2D eigenvalue weighted by Gasteiger charge is 2.22. The summed E-state index contributed by atoms with van der Waals surface area (Å²) in [6.45, 7) is 4.73. The van der Waals surface area contributed by atoms with E-state index in [2.05, 4.69) is 15.2 Å². The van der Waals surface area contributed by atoms with Crippen LogP contribution in [0.15, 0.2) is 48.7 Å². The van der Waals surface area contributed by atoms with E-state index in [0.717, 1.165) is 11.5 Å². The van der Waals surface area contributed by atoms with Gasteiger partial charge in [0.05, 0.1) is 12.2 Å². The first-order valence-electron chi connectivity index (χ1n) is 8.66. The van der Waals surface area contributed by atoms with E-state index in [1.54, 1.807) is 24.1 Å². The maximum Gasteiger partial charge on any atom is 0.409 e. The number of rotatable bonds is 4. The van der Waals surface area contributed by atoms with E-state index in [0.29, 0.717) is 38.3 Å². The van der Waals surface area contributed by atoms with Gasteiger partial charge in [0, 0.05) is 38.1 Å². The first-order chi connectivity index (χ1) is 12.7. The van der Waals surface area contributed by atoms with Crippen molar-refractivity contribution in [3.05, 3.63) is 54.2 Å². The molecule has 136 valence electrons. The van der Waals surface area contributed by atoms with Crippen LogP contribution in [-0.4, -0.2) is 54.7 Å². The standard InChI is InChI=1S/C19H22N4O3/c1-2-26-19(25)23-12-10-22(11-13-23)17-9-8-15(14-20-17)18(24)21-16-6-4-3-5-7-16/h3-9,14H,2,10-13H2,1H3,(H,21,24). The number of para-hydroxylation sites is 1. The van der Waals surface area contributed by atoms with Crippen LogP contribution in [0.1, 0.15) is 17.3 Å². The average molecular weight is 354 g/mol. The van der Waals surface area contributed by atoms with Crippen LogP contribution < -0.4 is 10.2 Å². The van der Waals surface area contributed by atoms with Gasteiger partial charge in [-0.1, -0.05) is 18.2 Å². The molecule has 2 heterocycles. The number of hydrogen-bond donors (Lipinski definition) is 1. The molecule has 1 aliphatic heterocycles. The highest BCUT2D eigenvalue weighted by atomic mass is 16.6. The molecule has 26 heavy (non-hydrogen) atoms. The molecular weight excluding hydrogens is 332 g/mol. The van der Waals surface area contributed by atoms with E-state index >= 15 is 0 Å². The number of benzene rings is 1. The number of carbonyl (C=O) groups excluding carboxylic acids is 2. The summed E-state index contributed by atoms with van der Waals surface area (Å²) in [6.07, 6.45) is 1.30. The lowest BCUT2D eigenvalue weighted by Crippen LogP contribution is -2.49. The maximum atomic E-state index is 12.3. The number of nitrogens with zero attached hydrogens (tertiary/aromatic N) is 3. The molecule has 1 aliphatic rings. The molecule has 2 aromatic rings. The predicted molar refractivity (Wildman–Crippen MR) is 99.4 cm³/mol. The number of amides is 2. The molecule has 0 aliphatic carbocycles. The fourth-order valence-electron chi connectivity index (χ4n) is 2.77. The van der Waals surface area contributed by atoms with E-state index in [9.17, 15) is 9.59 Å². The minimum absolute atomic E-state index is 0.192. The molecule has 1 aromatic heterocycles. The Labute approximate surface area is 152 Å². The average Bonchev–Trinajstić information content (AvgIpc) is 2.69. The third-order valence-corrected chi connectivity index (χ3v) is 4.17. The van der Waals surface area contributed by atoms with E-state index in [1.165, 1.54) is 0 Å². The lowest BCUT2D eigenvalue weighted by atomic mass is 10.2. The second-order valence-corrected chi connectivity index (χ2v) is 5.90. The van der Waals surface area contributed by atoms with Gasteiger partial charge in [-0.15, -0.1) is 0 Å². The van der Waals surface area contributed by atoms with Crippen molar-refractivity contribution in [2.75, 3.05) is 43.0 Å². The Morgan fingerprint density at radius 1 is 1.08 bits per heavy atom. The SMILES string of the molecule is CCOC(=O)N1CCN(c2ccc(C(=O)Nc3ccccc3)cn2)CC1. The smallest absolute Gasteiger partial charge is 0.409 e. The molecule has 1 saturated heterocycles. The highest BCUT2D eigenvalue weighted by Crippen LogP contribution is 2.15. The minimum Gasteiger partial charge on any atom is -0.450 e. The van der Waals surface area contributed by atoms with Gasteiger partial charge in [-0.2, -0.15) is 0 Å². The lowest BCUT2D eigenvalue weighted by molar-refractivity contribution is 0.102. The fraction of sp³-hybridized carbons (Fsp3) is 0.316. The van der Waals surface area contributed by atoms with Crippen molar-refractivity contribution in [3.63, 3.8) is 0 Å². The van der Waals surface area contributed by atoms with Crippen molar-refractivity contribution in [2.24, 2.45) is 0 Å². The molecule has 7 heteroatoms. The number of ether oxygens (including phenoxy) is 1. The zero-order valence-corrected chi connectivity index (χ0v) is 14.7. The topological polar surface area (TPSA) is 74.8 Å². The van der Waals surface area contributed by atoms with Gasteiger partial charge < -0.3 is 19.9 Å². The van der Waals surface area contributed by atoms with Crippen molar-refractivity contribution >= 4 is 23.5 Å². The maximum absolute atomic E-state index is 12.3. The molecule has 1 aromatic carbocycles. The van der Waals surface area contributed by atoms with Gasteiger partial charge >= 0.3 is 6.09 Å². The largest absolute Gasteiger partial charge is 0.450 e. The number of piperazine rings is 1. The predicted octanol–water partition coefficient (Wildman–Crippen LogP) is 2.61. The quantitative estimate of drug-likeness (QED) is 0.913. The van der Waals surface area contributed by atoms with E-state index in [-0.39, 0.29) is 12.0 Å². The Balaban J connectivity index is 1.56. The number of nitrogens with one attached hydrogen (secondary N) is 1. The summed E-state index contributed by atoms with van der Waals surface area (Å²) in [7, 11) is 0. The van der Waals surface area contributed by atoms with Crippen LogP contribution in [0, 0.1) is 0 Å². The Kier molecular flexibility index (Phi) is 5.68. The highest BCUT2D eigenvalue weighted by molar-refractivity contribution is 6.04. The summed E-state index contributed by atoms with van der Waals surface area (Å²) < 4.78 is 5.02. The van der Waals surface area contributed by atoms with Crippen LogP contribution in [0.3, 0.4) is 0 Å². The molecule has 3 rings (SSSR count). The Morgan fingerprint density at radius 3 is 2.42 bits per heavy atom. The van der Waals surface area contributed by atoms with Crippen LogP contribution in [-0.2, 0) is 4.74 Å². The van der Waals surface area contributed by atoms with E-state index in [1.807, 2.05) is 36.4 Å². The van der Waals surface area contributed by atoms with Crippen molar-refractivity contribution in [3.8, 4) is 0 Å². The van der Waals surface area contributed by atoms with E-state index in [4.69, 9.17) is 4.74 Å². The second-order valence-electron chi connectivity index (χ2n) is 5.90. The molecular formula is C19H22N4O3. The van der Waals surface area contributed by atoms with Crippen LogP contribution in [0.25, 0.3) is 0 Å². The number of pyridine rings is 1. The summed E-state index contributed by atoms with van der Waals surface area (Å²) in [6, 6.07) is 12.9. The van der Waals surface area contributed by atoms with Gasteiger partial charge in [-0.3, -0.25) is 4.79 Å².